The number of aromatic nitrogens is 6. The molecule has 4 aromatic heterocycles. The molecule has 328 valence electrons. The highest BCUT2D eigenvalue weighted by Crippen LogP contribution is 2.28. The Morgan fingerprint density at radius 1 is 0.639 bits per heavy atom. The molecule has 18 heteroatoms. The lowest BCUT2D eigenvalue weighted by molar-refractivity contribution is -0.0369. The summed E-state index contributed by atoms with van der Waals surface area (Å²) in [6, 6.07) is 10.5. The van der Waals surface area contributed by atoms with Gasteiger partial charge in [-0.05, 0) is 59.1 Å². The predicted octanol–water partition coefficient (Wildman–Crippen LogP) is 2.72. The van der Waals surface area contributed by atoms with Crippen LogP contribution < -0.4 is 15.1 Å². The molecule has 9 rings (SSSR count). The molecule has 4 aliphatic rings. The molecule has 61 heavy (non-hydrogen) atoms. The molecule has 0 radical (unpaired) electrons. The topological polar surface area (TPSA) is 167 Å². The molecule has 4 aliphatic heterocycles. The van der Waals surface area contributed by atoms with Crippen molar-refractivity contribution in [3.63, 3.8) is 0 Å². The summed E-state index contributed by atoms with van der Waals surface area (Å²) in [4.78, 5) is 37.9. The summed E-state index contributed by atoms with van der Waals surface area (Å²) in [6.45, 7) is 19.1. The Bertz CT molecular complexity index is 2250. The number of ether oxygens (including phenoxy) is 2. The first kappa shape index (κ1) is 44.5. The van der Waals surface area contributed by atoms with Crippen LogP contribution in [0, 0.1) is 6.92 Å². The van der Waals surface area contributed by atoms with Crippen LogP contribution in [0.1, 0.15) is 19.4 Å². The standard InChI is InChI=1S/C20H22N4O4S.C18H26N6O.C5H12N2/c1-14-3-5-17(6-4-14)29(25,26)27-13-16-12-24(11-15(2)28-16)18-7-8-22-20-19(18)21-9-10-23-20;1-14-11-24(16-3-4-20-18-17(16)19-5-6-21-18)13-15(25-14)12-23-9-7-22(2)8-10-23;1-7-4-2-6-3-5-7/h3-10,15-16H,11-13H2,1-2H3;3-6,14-15H,7-13H2,1-2H3;6H,2-5H2,1H3/t15-,16-;14-,15+;/m11./s1. The lowest BCUT2D eigenvalue weighted by atomic mass is 10.1. The lowest BCUT2D eigenvalue weighted by Crippen LogP contribution is -2.53. The third-order valence-electron chi connectivity index (χ3n) is 11.2. The zero-order valence-electron chi connectivity index (χ0n) is 36.0. The molecule has 4 atom stereocenters. The number of aryl methyl sites for hydroxylation is 1. The zero-order chi connectivity index (χ0) is 42.8. The average Bonchev–Trinajstić information content (AvgIpc) is 3.27. The van der Waals surface area contributed by atoms with Gasteiger partial charge in [0.05, 0.1) is 41.2 Å². The van der Waals surface area contributed by atoms with E-state index in [9.17, 15) is 8.42 Å². The summed E-state index contributed by atoms with van der Waals surface area (Å²) in [5.74, 6) is 0. The second-order valence-electron chi connectivity index (χ2n) is 16.3. The average molecular weight is 857 g/mol. The van der Waals surface area contributed by atoms with E-state index in [0.29, 0.717) is 29.9 Å². The maximum Gasteiger partial charge on any atom is 0.297 e. The van der Waals surface area contributed by atoms with E-state index in [2.05, 4.69) is 80.7 Å². The van der Waals surface area contributed by atoms with Crippen LogP contribution in [0.3, 0.4) is 0 Å². The number of hydrogen-bond acceptors (Lipinski definition) is 17. The van der Waals surface area contributed by atoms with Crippen LogP contribution in [0.2, 0.25) is 0 Å². The van der Waals surface area contributed by atoms with Gasteiger partial charge >= 0.3 is 0 Å². The molecule has 17 nitrogen and oxygen atoms in total. The zero-order valence-corrected chi connectivity index (χ0v) is 36.8. The second-order valence-corrected chi connectivity index (χ2v) is 17.9. The number of pyridine rings is 2. The van der Waals surface area contributed by atoms with Crippen molar-refractivity contribution in [3.8, 4) is 0 Å². The normalized spacial score (nSPS) is 23.2. The minimum absolute atomic E-state index is 0.0637. The van der Waals surface area contributed by atoms with Crippen LogP contribution in [0.5, 0.6) is 0 Å². The molecule has 1 aromatic carbocycles. The van der Waals surface area contributed by atoms with Crippen molar-refractivity contribution in [1.82, 2.24) is 49.9 Å². The predicted molar refractivity (Wildman–Crippen MR) is 236 cm³/mol. The molecular formula is C43H60N12O5S. The summed E-state index contributed by atoms with van der Waals surface area (Å²) in [5.41, 5.74) is 5.83. The highest BCUT2D eigenvalue weighted by molar-refractivity contribution is 7.86. The van der Waals surface area contributed by atoms with Gasteiger partial charge in [-0.2, -0.15) is 8.42 Å². The van der Waals surface area contributed by atoms with E-state index >= 15 is 0 Å². The van der Waals surface area contributed by atoms with Gasteiger partial charge in [0.2, 0.25) is 0 Å². The summed E-state index contributed by atoms with van der Waals surface area (Å²) < 4.78 is 42.4. The number of anilines is 2. The molecule has 1 N–H and O–H groups in total. The van der Waals surface area contributed by atoms with Gasteiger partial charge in [0.1, 0.15) is 17.1 Å². The van der Waals surface area contributed by atoms with Crippen LogP contribution in [0.15, 0.2) is 78.5 Å². The number of fused-ring (bicyclic) bond motifs is 2. The number of morpholine rings is 2. The molecule has 0 amide bonds. The maximum atomic E-state index is 12.5. The van der Waals surface area contributed by atoms with Gasteiger partial charge in [0, 0.05) is 122 Å². The number of rotatable bonds is 8. The van der Waals surface area contributed by atoms with E-state index in [1.54, 1.807) is 55.2 Å². The molecule has 8 heterocycles. The Kier molecular flexibility index (Phi) is 15.3. The second kappa shape index (κ2) is 21.0. The SMILES string of the molecule is CN1CCNCC1.C[C@@H]1CN(c2ccnc3nccnc23)C[C@H](CN2CCN(C)CC2)O1.Cc1ccc(S(=O)(=O)OC[C@H]2CN(c3ccnc4nccnc34)C[C@@H](C)O2)cc1. The number of nitrogens with one attached hydrogen (secondary N) is 1. The van der Waals surface area contributed by atoms with E-state index in [4.69, 9.17) is 13.7 Å². The van der Waals surface area contributed by atoms with Gasteiger partial charge in [-0.15, -0.1) is 0 Å². The molecular weight excluding hydrogens is 797 g/mol. The van der Waals surface area contributed by atoms with Crippen molar-refractivity contribution < 1.29 is 22.1 Å². The highest BCUT2D eigenvalue weighted by Gasteiger charge is 2.31. The van der Waals surface area contributed by atoms with E-state index < -0.39 is 16.2 Å². The van der Waals surface area contributed by atoms with Crippen LogP contribution in [0.25, 0.3) is 22.3 Å². The minimum Gasteiger partial charge on any atom is -0.370 e. The van der Waals surface area contributed by atoms with E-state index in [-0.39, 0.29) is 29.8 Å². The molecule has 0 unspecified atom stereocenters. The molecule has 5 aromatic rings. The van der Waals surface area contributed by atoms with Crippen LogP contribution >= 0.6 is 0 Å². The van der Waals surface area contributed by atoms with Gasteiger partial charge in [-0.3, -0.25) is 9.08 Å². The Morgan fingerprint density at radius 2 is 1.13 bits per heavy atom. The fraction of sp³-hybridized carbons (Fsp3) is 0.535. The van der Waals surface area contributed by atoms with Crippen molar-refractivity contribution in [2.75, 3.05) is 116 Å². The van der Waals surface area contributed by atoms with E-state index in [1.165, 1.54) is 13.1 Å². The van der Waals surface area contributed by atoms with Gasteiger partial charge in [0.25, 0.3) is 10.1 Å². The van der Waals surface area contributed by atoms with Crippen molar-refractivity contribution in [2.45, 2.75) is 50.1 Å². The largest absolute Gasteiger partial charge is 0.370 e. The third kappa shape index (κ3) is 12.3. The Labute approximate surface area is 359 Å². The maximum absolute atomic E-state index is 12.5. The Morgan fingerprint density at radius 3 is 1.67 bits per heavy atom. The van der Waals surface area contributed by atoms with Gasteiger partial charge in [-0.25, -0.2) is 29.9 Å². The van der Waals surface area contributed by atoms with Crippen molar-refractivity contribution in [1.29, 1.82) is 0 Å². The van der Waals surface area contributed by atoms with Crippen molar-refractivity contribution in [3.05, 3.63) is 79.1 Å². The summed E-state index contributed by atoms with van der Waals surface area (Å²) >= 11 is 0. The minimum atomic E-state index is -3.84. The van der Waals surface area contributed by atoms with Gasteiger partial charge < -0.3 is 34.4 Å². The van der Waals surface area contributed by atoms with Crippen LogP contribution in [0.4, 0.5) is 11.4 Å². The summed E-state index contributed by atoms with van der Waals surface area (Å²) in [7, 11) is 0.500. The van der Waals surface area contributed by atoms with E-state index in [0.717, 1.165) is 81.4 Å². The van der Waals surface area contributed by atoms with Crippen LogP contribution in [-0.2, 0) is 23.8 Å². The third-order valence-corrected chi connectivity index (χ3v) is 12.4. The number of likely N-dealkylation sites (N-methyl/N-ethyl adjacent to an activating group) is 2. The Balaban J connectivity index is 0.000000160. The first-order valence-corrected chi connectivity index (χ1v) is 22.6. The Hall–Kier alpha value is -4.53. The summed E-state index contributed by atoms with van der Waals surface area (Å²) in [5, 5.41) is 3.27. The van der Waals surface area contributed by atoms with Crippen LogP contribution in [-0.4, -0.2) is 183 Å². The molecule has 0 saturated carbocycles. The monoisotopic (exact) mass is 856 g/mol. The van der Waals surface area contributed by atoms with Gasteiger partial charge in [-0.1, -0.05) is 17.7 Å². The number of benzene rings is 1. The van der Waals surface area contributed by atoms with E-state index in [1.807, 2.05) is 32.2 Å². The van der Waals surface area contributed by atoms with Gasteiger partial charge in [0.15, 0.2) is 11.3 Å². The molecule has 4 saturated heterocycles. The first-order valence-electron chi connectivity index (χ1n) is 21.2. The van der Waals surface area contributed by atoms with Crippen molar-refractivity contribution in [2.24, 2.45) is 0 Å². The first-order chi connectivity index (χ1) is 29.5. The molecule has 0 bridgehead atoms. The molecule has 0 spiro atoms. The highest BCUT2D eigenvalue weighted by atomic mass is 32.2. The fourth-order valence-electron chi connectivity index (χ4n) is 7.95. The summed E-state index contributed by atoms with van der Waals surface area (Å²) in [6.07, 6.45) is 10.1. The molecule has 0 aliphatic carbocycles. The lowest BCUT2D eigenvalue weighted by Gasteiger charge is -2.41. The van der Waals surface area contributed by atoms with Crippen molar-refractivity contribution >= 4 is 43.8 Å². The number of piperazine rings is 2. The number of nitrogens with zero attached hydrogens (tertiary/aromatic N) is 11. The quantitative estimate of drug-likeness (QED) is 0.226. The smallest absolute Gasteiger partial charge is 0.297 e. The molecule has 4 fully saturated rings. The fourth-order valence-corrected chi connectivity index (χ4v) is 8.88. The number of hydrogen-bond donors (Lipinski definition) is 1.